The van der Waals surface area contributed by atoms with Crippen molar-refractivity contribution in [3.63, 3.8) is 0 Å². The van der Waals surface area contributed by atoms with E-state index in [1.54, 1.807) is 40.1 Å². The number of para-hydroxylation sites is 1. The van der Waals surface area contributed by atoms with E-state index >= 15 is 0 Å². The van der Waals surface area contributed by atoms with Crippen LogP contribution in [0.5, 0.6) is 0 Å². The van der Waals surface area contributed by atoms with Crippen LogP contribution in [0.25, 0.3) is 6.08 Å². The summed E-state index contributed by atoms with van der Waals surface area (Å²) in [6.45, 7) is 0.658. The van der Waals surface area contributed by atoms with Crippen LogP contribution >= 0.6 is 24.0 Å². The summed E-state index contributed by atoms with van der Waals surface area (Å²) in [5.74, 6) is -0.575. The van der Waals surface area contributed by atoms with E-state index in [4.69, 9.17) is 17.0 Å². The number of thioether (sulfide) groups is 1. The number of anilines is 1. The van der Waals surface area contributed by atoms with Crippen molar-refractivity contribution in [2.24, 2.45) is 0 Å². The van der Waals surface area contributed by atoms with Crippen LogP contribution < -0.4 is 4.90 Å². The van der Waals surface area contributed by atoms with Crippen LogP contribution in [0.1, 0.15) is 41.6 Å². The first-order valence-corrected chi connectivity index (χ1v) is 12.6. The molecule has 2 aromatic carbocycles. The lowest BCUT2D eigenvalue weighted by Crippen LogP contribution is -2.33. The minimum atomic E-state index is -0.411. The summed E-state index contributed by atoms with van der Waals surface area (Å²) in [6, 6.07) is 16.1. The fourth-order valence-corrected chi connectivity index (χ4v) is 4.95. The van der Waals surface area contributed by atoms with Crippen LogP contribution in [0.4, 0.5) is 5.69 Å². The summed E-state index contributed by atoms with van der Waals surface area (Å²) in [5.41, 5.74) is 2.01. The van der Waals surface area contributed by atoms with Gasteiger partial charge in [-0.05, 0) is 48.7 Å². The number of esters is 1. The first-order valence-electron chi connectivity index (χ1n) is 11.3. The molecule has 0 unspecified atom stereocenters. The Morgan fingerprint density at radius 2 is 1.80 bits per heavy atom. The van der Waals surface area contributed by atoms with Crippen LogP contribution in [0.15, 0.2) is 59.5 Å². The molecule has 184 valence electrons. The van der Waals surface area contributed by atoms with Gasteiger partial charge in [-0.2, -0.15) is 0 Å². The van der Waals surface area contributed by atoms with Crippen molar-refractivity contribution in [1.29, 1.82) is 0 Å². The van der Waals surface area contributed by atoms with Gasteiger partial charge in [0.15, 0.2) is 0 Å². The highest BCUT2D eigenvalue weighted by atomic mass is 32.2. The Kier molecular flexibility index (Phi) is 10.0. The molecule has 1 fully saturated rings. The number of methoxy groups -OCH3 is 1. The maximum Gasteiger partial charge on any atom is 0.337 e. The minimum absolute atomic E-state index is 0.0305. The predicted octanol–water partition coefficient (Wildman–Crippen LogP) is 4.26. The second-order valence-electron chi connectivity index (χ2n) is 7.86. The number of carbonyl (C=O) groups is 3. The van der Waals surface area contributed by atoms with Gasteiger partial charge in [0.2, 0.25) is 5.91 Å². The Bertz CT molecular complexity index is 1090. The van der Waals surface area contributed by atoms with Gasteiger partial charge >= 0.3 is 5.97 Å². The maximum absolute atomic E-state index is 12.8. The first kappa shape index (κ1) is 26.6. The monoisotopic (exact) mass is 512 g/mol. The Hall–Kier alpha value is -3.01. The molecule has 0 aliphatic carbocycles. The molecule has 0 bridgehead atoms. The van der Waals surface area contributed by atoms with Gasteiger partial charge in [0.1, 0.15) is 4.32 Å². The number of carbonyl (C=O) groups excluding carboxylic acids is 3. The number of unbranched alkanes of at least 4 members (excludes halogenated alkanes) is 2. The predicted molar refractivity (Wildman–Crippen MR) is 142 cm³/mol. The molecule has 1 saturated heterocycles. The maximum atomic E-state index is 12.8. The summed E-state index contributed by atoms with van der Waals surface area (Å²) in [5, 5.41) is 9.32. The average molecular weight is 513 g/mol. The third-order valence-electron chi connectivity index (χ3n) is 5.47. The van der Waals surface area contributed by atoms with Gasteiger partial charge in [-0.15, -0.1) is 0 Å². The van der Waals surface area contributed by atoms with E-state index in [2.05, 4.69) is 0 Å². The highest BCUT2D eigenvalue weighted by Crippen LogP contribution is 2.33. The van der Waals surface area contributed by atoms with Gasteiger partial charge in [0, 0.05) is 25.2 Å². The normalized spacial score (nSPS) is 14.5. The molecule has 3 rings (SSSR count). The van der Waals surface area contributed by atoms with Gasteiger partial charge in [-0.1, -0.05) is 60.7 Å². The van der Waals surface area contributed by atoms with Crippen molar-refractivity contribution in [1.82, 2.24) is 4.90 Å². The van der Waals surface area contributed by atoms with Gasteiger partial charge < -0.3 is 14.7 Å². The summed E-state index contributed by atoms with van der Waals surface area (Å²) < 4.78 is 5.21. The summed E-state index contributed by atoms with van der Waals surface area (Å²) in [4.78, 5) is 40.8. The van der Waals surface area contributed by atoms with Crippen LogP contribution in [-0.2, 0) is 14.3 Å². The van der Waals surface area contributed by atoms with Crippen LogP contribution in [0.3, 0.4) is 0 Å². The molecule has 0 radical (unpaired) electrons. The zero-order chi connectivity index (χ0) is 25.2. The number of ether oxygens (including phenoxy) is 1. The Morgan fingerprint density at radius 1 is 1.09 bits per heavy atom. The standard InChI is InChI=1S/C26H28N2O5S2/c1-33-25(32)20-13-11-19(12-14-20)18-22-24(31)28(26(34)35-22)15-7-3-6-10-23(30)27(16-17-29)21-8-4-2-5-9-21/h2,4-5,8-9,11-14,18,29H,3,6-7,10,15-17H2,1H3/b22-18-. The van der Waals surface area contributed by atoms with E-state index in [9.17, 15) is 19.5 Å². The van der Waals surface area contributed by atoms with Gasteiger partial charge in [-0.3, -0.25) is 14.5 Å². The van der Waals surface area contributed by atoms with Gasteiger partial charge in [-0.25, -0.2) is 4.79 Å². The molecule has 7 nitrogen and oxygen atoms in total. The van der Waals surface area contributed by atoms with Crippen LogP contribution in [0.2, 0.25) is 0 Å². The van der Waals surface area contributed by atoms with Crippen molar-refractivity contribution in [2.75, 3.05) is 31.7 Å². The van der Waals surface area contributed by atoms with Crippen LogP contribution in [0, 0.1) is 0 Å². The average Bonchev–Trinajstić information content (AvgIpc) is 3.14. The molecule has 1 N–H and O–H groups in total. The van der Waals surface area contributed by atoms with E-state index in [0.29, 0.717) is 34.2 Å². The minimum Gasteiger partial charge on any atom is -0.465 e. The van der Waals surface area contributed by atoms with Crippen molar-refractivity contribution in [2.45, 2.75) is 25.7 Å². The first-order chi connectivity index (χ1) is 16.9. The lowest BCUT2D eigenvalue weighted by molar-refractivity contribution is -0.122. The van der Waals surface area contributed by atoms with Crippen molar-refractivity contribution < 1.29 is 24.2 Å². The largest absolute Gasteiger partial charge is 0.465 e. The molecule has 35 heavy (non-hydrogen) atoms. The number of hydrogen-bond acceptors (Lipinski definition) is 7. The molecule has 0 spiro atoms. The molecule has 0 atom stereocenters. The smallest absolute Gasteiger partial charge is 0.337 e. The summed E-state index contributed by atoms with van der Waals surface area (Å²) in [7, 11) is 1.33. The third-order valence-corrected chi connectivity index (χ3v) is 6.85. The highest BCUT2D eigenvalue weighted by Gasteiger charge is 2.31. The van der Waals surface area contributed by atoms with E-state index in [1.807, 2.05) is 30.3 Å². The fourth-order valence-electron chi connectivity index (χ4n) is 3.64. The zero-order valence-corrected chi connectivity index (χ0v) is 21.1. The van der Waals surface area contributed by atoms with Gasteiger partial charge in [0.05, 0.1) is 24.2 Å². The van der Waals surface area contributed by atoms with Crippen molar-refractivity contribution in [3.05, 3.63) is 70.6 Å². The lowest BCUT2D eigenvalue weighted by atomic mass is 10.1. The lowest BCUT2D eigenvalue weighted by Gasteiger charge is -2.22. The van der Waals surface area contributed by atoms with E-state index in [1.165, 1.54) is 18.9 Å². The van der Waals surface area contributed by atoms with E-state index in [-0.39, 0.29) is 25.0 Å². The molecule has 1 aliphatic rings. The number of aliphatic hydroxyl groups excluding tert-OH is 1. The van der Waals surface area contributed by atoms with Crippen molar-refractivity contribution in [3.8, 4) is 0 Å². The Labute approximate surface area is 214 Å². The second kappa shape index (κ2) is 13.2. The van der Waals surface area contributed by atoms with Gasteiger partial charge in [0.25, 0.3) is 5.91 Å². The van der Waals surface area contributed by atoms with E-state index < -0.39 is 5.97 Å². The molecular formula is C26H28N2O5S2. The highest BCUT2D eigenvalue weighted by molar-refractivity contribution is 8.26. The number of rotatable bonds is 11. The number of nitrogens with zero attached hydrogens (tertiary/aromatic N) is 2. The number of aliphatic hydroxyl groups is 1. The number of hydrogen-bond donors (Lipinski definition) is 1. The Balaban J connectivity index is 1.47. The van der Waals surface area contributed by atoms with Crippen molar-refractivity contribution >= 4 is 57.8 Å². The second-order valence-corrected chi connectivity index (χ2v) is 9.54. The topological polar surface area (TPSA) is 87.2 Å². The quantitative estimate of drug-likeness (QED) is 0.208. The summed E-state index contributed by atoms with van der Waals surface area (Å²) in [6.07, 6.45) is 4.32. The molecule has 2 amide bonds. The van der Waals surface area contributed by atoms with E-state index in [0.717, 1.165) is 24.1 Å². The van der Waals surface area contributed by atoms with Crippen LogP contribution in [-0.4, -0.2) is 58.9 Å². The molecule has 0 aromatic heterocycles. The SMILES string of the molecule is COC(=O)c1ccc(/C=C2\SC(=S)N(CCCCCC(=O)N(CCO)c3ccccc3)C2=O)cc1. The molecule has 1 heterocycles. The number of thiocarbonyl (C=S) groups is 1. The zero-order valence-electron chi connectivity index (χ0n) is 19.5. The molecule has 2 aromatic rings. The third kappa shape index (κ3) is 7.24. The summed E-state index contributed by atoms with van der Waals surface area (Å²) >= 11 is 6.66. The molecular weight excluding hydrogens is 484 g/mol. The number of amides is 2. The molecule has 1 aliphatic heterocycles. The molecule has 0 saturated carbocycles. The number of benzene rings is 2. The Morgan fingerprint density at radius 3 is 2.46 bits per heavy atom. The molecule has 9 heteroatoms. The fraction of sp³-hybridized carbons (Fsp3) is 0.308.